The number of nitrogens with zero attached hydrogens (tertiary/aromatic N) is 1. The first-order valence-corrected chi connectivity index (χ1v) is 5.26. The predicted octanol–water partition coefficient (Wildman–Crippen LogP) is 0.988. The number of carbonyl (C=O) groups is 2. The van der Waals surface area contributed by atoms with Crippen LogP contribution < -0.4 is 0 Å². The Morgan fingerprint density at radius 3 is 3.07 bits per heavy atom. The van der Waals surface area contributed by atoms with Crippen molar-refractivity contribution in [1.29, 1.82) is 0 Å². The summed E-state index contributed by atoms with van der Waals surface area (Å²) in [5.74, 6) is -0.280. The molecule has 1 aliphatic carbocycles. The van der Waals surface area contributed by atoms with Gasteiger partial charge in [0, 0.05) is 18.6 Å². The molecule has 0 spiro atoms. The highest BCUT2D eigenvalue weighted by molar-refractivity contribution is 6.00. The highest BCUT2D eigenvalue weighted by Gasteiger charge is 2.52. The molecule has 4 heteroatoms. The van der Waals surface area contributed by atoms with Gasteiger partial charge in [-0.15, -0.1) is 0 Å². The number of rotatable bonds is 1. The van der Waals surface area contributed by atoms with Crippen molar-refractivity contribution in [3.63, 3.8) is 0 Å². The van der Waals surface area contributed by atoms with E-state index < -0.39 is 5.54 Å². The molecule has 1 fully saturated rings. The minimum atomic E-state index is -0.838. The van der Waals surface area contributed by atoms with E-state index in [1.54, 1.807) is 13.1 Å². The van der Waals surface area contributed by atoms with Gasteiger partial charge in [-0.1, -0.05) is 0 Å². The second-order valence-corrected chi connectivity index (χ2v) is 4.41. The van der Waals surface area contributed by atoms with Gasteiger partial charge in [-0.05, 0) is 19.8 Å². The summed E-state index contributed by atoms with van der Waals surface area (Å²) < 4.78 is 4.76. The Kier molecular flexibility index (Phi) is 2.37. The molecule has 0 aromatic rings. The van der Waals surface area contributed by atoms with Crippen molar-refractivity contribution in [2.45, 2.75) is 31.7 Å². The third kappa shape index (κ3) is 1.39. The number of fused-ring (bicyclic) bond motifs is 1. The molecule has 3 unspecified atom stereocenters. The Labute approximate surface area is 88.7 Å². The van der Waals surface area contributed by atoms with Gasteiger partial charge >= 0.3 is 5.97 Å². The van der Waals surface area contributed by atoms with Crippen LogP contribution in [-0.2, 0) is 14.3 Å². The number of esters is 1. The Hall–Kier alpha value is -1.19. The molecule has 0 saturated heterocycles. The Morgan fingerprint density at radius 1 is 1.67 bits per heavy atom. The molecule has 0 radical (unpaired) electrons. The zero-order valence-corrected chi connectivity index (χ0v) is 9.03. The SMILES string of the molecule is COC(=O)C1(C)N=CC2C(=O)CCCC21. The number of ketones is 1. The average molecular weight is 209 g/mol. The molecule has 0 bridgehead atoms. The van der Waals surface area contributed by atoms with Crippen LogP contribution >= 0.6 is 0 Å². The Morgan fingerprint density at radius 2 is 2.40 bits per heavy atom. The largest absolute Gasteiger partial charge is 0.467 e. The number of Topliss-reactive ketones (excluding diaryl/α,β-unsaturated/α-hetero) is 1. The first-order valence-electron chi connectivity index (χ1n) is 5.26. The minimum Gasteiger partial charge on any atom is -0.467 e. The van der Waals surface area contributed by atoms with Crippen molar-refractivity contribution >= 4 is 18.0 Å². The fraction of sp³-hybridized carbons (Fsp3) is 0.727. The van der Waals surface area contributed by atoms with Gasteiger partial charge in [0.15, 0.2) is 5.54 Å². The van der Waals surface area contributed by atoms with Crippen LogP contribution in [0.2, 0.25) is 0 Å². The molecule has 15 heavy (non-hydrogen) atoms. The third-order valence-electron chi connectivity index (χ3n) is 3.57. The maximum absolute atomic E-state index is 11.7. The van der Waals surface area contributed by atoms with E-state index in [9.17, 15) is 9.59 Å². The van der Waals surface area contributed by atoms with Crippen molar-refractivity contribution in [2.24, 2.45) is 16.8 Å². The van der Waals surface area contributed by atoms with E-state index in [1.165, 1.54) is 7.11 Å². The number of hydrogen-bond acceptors (Lipinski definition) is 4. The zero-order valence-electron chi connectivity index (χ0n) is 9.03. The van der Waals surface area contributed by atoms with Gasteiger partial charge in [-0.25, -0.2) is 4.79 Å². The van der Waals surface area contributed by atoms with Crippen molar-refractivity contribution in [3.8, 4) is 0 Å². The highest BCUT2D eigenvalue weighted by atomic mass is 16.5. The van der Waals surface area contributed by atoms with E-state index in [4.69, 9.17) is 4.74 Å². The van der Waals surface area contributed by atoms with Crippen LogP contribution in [0.4, 0.5) is 0 Å². The molecular formula is C11H15NO3. The lowest BCUT2D eigenvalue weighted by Gasteiger charge is -2.32. The highest BCUT2D eigenvalue weighted by Crippen LogP contribution is 2.41. The van der Waals surface area contributed by atoms with E-state index >= 15 is 0 Å². The lowest BCUT2D eigenvalue weighted by atomic mass is 9.71. The van der Waals surface area contributed by atoms with Crippen LogP contribution in [0, 0.1) is 11.8 Å². The van der Waals surface area contributed by atoms with E-state index in [1.807, 2.05) is 0 Å². The van der Waals surface area contributed by atoms with Crippen LogP contribution in [0.5, 0.6) is 0 Å². The first kappa shape index (κ1) is 10.3. The number of ether oxygens (including phenoxy) is 1. The van der Waals surface area contributed by atoms with Gasteiger partial charge < -0.3 is 4.74 Å². The van der Waals surface area contributed by atoms with E-state index in [2.05, 4.69) is 4.99 Å². The summed E-state index contributed by atoms with van der Waals surface area (Å²) in [6, 6.07) is 0. The van der Waals surface area contributed by atoms with Crippen LogP contribution in [-0.4, -0.2) is 30.6 Å². The van der Waals surface area contributed by atoms with Gasteiger partial charge in [-0.3, -0.25) is 9.79 Å². The van der Waals surface area contributed by atoms with Gasteiger partial charge in [-0.2, -0.15) is 0 Å². The van der Waals surface area contributed by atoms with Crippen LogP contribution in [0.3, 0.4) is 0 Å². The lowest BCUT2D eigenvalue weighted by Crippen LogP contribution is -2.44. The van der Waals surface area contributed by atoms with Gasteiger partial charge in [0.05, 0.1) is 13.0 Å². The maximum atomic E-state index is 11.7. The number of methoxy groups -OCH3 is 1. The molecule has 2 aliphatic rings. The monoisotopic (exact) mass is 209 g/mol. The van der Waals surface area contributed by atoms with Gasteiger partial charge in [0.1, 0.15) is 5.78 Å². The lowest BCUT2D eigenvalue weighted by molar-refractivity contribution is -0.149. The van der Waals surface area contributed by atoms with Crippen molar-refractivity contribution in [1.82, 2.24) is 0 Å². The quantitative estimate of drug-likeness (QED) is 0.605. The molecule has 0 N–H and O–H groups in total. The molecule has 3 atom stereocenters. The summed E-state index contributed by atoms with van der Waals surface area (Å²) >= 11 is 0. The van der Waals surface area contributed by atoms with E-state index in [-0.39, 0.29) is 23.6 Å². The summed E-state index contributed by atoms with van der Waals surface area (Å²) in [7, 11) is 1.36. The molecule has 1 saturated carbocycles. The third-order valence-corrected chi connectivity index (χ3v) is 3.57. The second kappa shape index (κ2) is 3.43. The zero-order chi connectivity index (χ0) is 11.1. The Bertz CT molecular complexity index is 337. The molecule has 82 valence electrons. The molecule has 1 heterocycles. The summed E-state index contributed by atoms with van der Waals surface area (Å²) in [5.41, 5.74) is -0.838. The minimum absolute atomic E-state index is 0.00574. The fourth-order valence-corrected chi connectivity index (χ4v) is 2.63. The summed E-state index contributed by atoms with van der Waals surface area (Å²) in [4.78, 5) is 27.5. The van der Waals surface area contributed by atoms with E-state index in [0.717, 1.165) is 12.8 Å². The smallest absolute Gasteiger partial charge is 0.333 e. The standard InChI is InChI=1S/C11H15NO3/c1-11(10(14)15-2)8-4-3-5-9(13)7(8)6-12-11/h6-8H,3-5H2,1-2H3. The summed E-state index contributed by atoms with van der Waals surface area (Å²) in [6.07, 6.45) is 3.99. The molecule has 0 aromatic heterocycles. The van der Waals surface area contributed by atoms with Crippen LogP contribution in [0.25, 0.3) is 0 Å². The average Bonchev–Trinajstić information content (AvgIpc) is 2.59. The van der Waals surface area contributed by atoms with Crippen molar-refractivity contribution < 1.29 is 14.3 Å². The molecule has 0 amide bonds. The van der Waals surface area contributed by atoms with Gasteiger partial charge in [0.2, 0.25) is 0 Å². The van der Waals surface area contributed by atoms with Gasteiger partial charge in [0.25, 0.3) is 0 Å². The van der Waals surface area contributed by atoms with Crippen LogP contribution in [0.15, 0.2) is 4.99 Å². The number of aliphatic imine (C=N–C) groups is 1. The van der Waals surface area contributed by atoms with Crippen molar-refractivity contribution in [2.75, 3.05) is 7.11 Å². The molecule has 4 nitrogen and oxygen atoms in total. The maximum Gasteiger partial charge on any atom is 0.333 e. The number of carbonyl (C=O) groups excluding carboxylic acids is 2. The number of hydrogen-bond donors (Lipinski definition) is 0. The predicted molar refractivity (Wildman–Crippen MR) is 54.8 cm³/mol. The van der Waals surface area contributed by atoms with E-state index in [0.29, 0.717) is 6.42 Å². The molecule has 2 rings (SSSR count). The molecule has 0 aromatic carbocycles. The molecule has 1 aliphatic heterocycles. The van der Waals surface area contributed by atoms with Crippen molar-refractivity contribution in [3.05, 3.63) is 0 Å². The summed E-state index contributed by atoms with van der Waals surface area (Å²) in [5, 5.41) is 0. The summed E-state index contributed by atoms with van der Waals surface area (Å²) in [6.45, 7) is 1.76. The van der Waals surface area contributed by atoms with Crippen LogP contribution in [0.1, 0.15) is 26.2 Å². The second-order valence-electron chi connectivity index (χ2n) is 4.41. The molecular weight excluding hydrogens is 194 g/mol. The normalized spacial score (nSPS) is 38.9. The fourth-order valence-electron chi connectivity index (χ4n) is 2.63. The Balaban J connectivity index is 2.28. The topological polar surface area (TPSA) is 55.7 Å². The first-order chi connectivity index (χ1) is 7.09.